The molecule has 1 amide bonds. The first-order valence-corrected chi connectivity index (χ1v) is 14.7. The van der Waals surface area contributed by atoms with Crippen molar-refractivity contribution in [2.75, 3.05) is 6.54 Å². The molecule has 0 radical (unpaired) electrons. The van der Waals surface area contributed by atoms with E-state index in [9.17, 15) is 4.79 Å². The van der Waals surface area contributed by atoms with Gasteiger partial charge in [-0.15, -0.1) is 0 Å². The van der Waals surface area contributed by atoms with Gasteiger partial charge in [0.15, 0.2) is 22.5 Å². The van der Waals surface area contributed by atoms with Crippen molar-refractivity contribution in [2.45, 2.75) is 52.5 Å². The maximum atomic E-state index is 11.6. The number of aromatic nitrogens is 2. The second-order valence-electron chi connectivity index (χ2n) is 7.45. The van der Waals surface area contributed by atoms with E-state index in [-0.39, 0.29) is 11.8 Å². The summed E-state index contributed by atoms with van der Waals surface area (Å²) in [6.07, 6.45) is 6.41. The van der Waals surface area contributed by atoms with Crippen LogP contribution in [0.5, 0.6) is 0 Å². The van der Waals surface area contributed by atoms with Gasteiger partial charge in [-0.25, -0.2) is 9.97 Å². The number of carbonyl (C=O) groups excluding carboxylic acids is 1. The average Bonchev–Trinajstić information content (AvgIpc) is 2.49. The SMILES string of the molecule is CC(C)C(=O)NCCC[Si](C)(C)O[Si](C)(C)/C=C\c1ncccn1. The highest BCUT2D eigenvalue weighted by molar-refractivity contribution is 6.87. The van der Waals surface area contributed by atoms with Gasteiger partial charge in [0, 0.05) is 24.9 Å². The molecule has 0 bridgehead atoms. The van der Waals surface area contributed by atoms with Gasteiger partial charge in [-0.1, -0.05) is 19.5 Å². The van der Waals surface area contributed by atoms with Gasteiger partial charge < -0.3 is 9.43 Å². The van der Waals surface area contributed by atoms with Gasteiger partial charge in [-0.2, -0.15) is 0 Å². The maximum absolute atomic E-state index is 11.6. The molecule has 0 aliphatic heterocycles. The zero-order chi connectivity index (χ0) is 18.2. The number of hydrogen-bond donors (Lipinski definition) is 1. The van der Waals surface area contributed by atoms with E-state index in [4.69, 9.17) is 4.12 Å². The Morgan fingerprint density at radius 1 is 1.25 bits per heavy atom. The molecule has 1 aromatic heterocycles. The first-order chi connectivity index (χ1) is 11.1. The first kappa shape index (κ1) is 20.7. The Bertz CT molecular complexity index is 546. The molecule has 0 atom stereocenters. The fourth-order valence-corrected chi connectivity index (χ4v) is 10.4. The van der Waals surface area contributed by atoms with Gasteiger partial charge >= 0.3 is 0 Å². The van der Waals surface area contributed by atoms with E-state index in [1.807, 2.05) is 26.0 Å². The van der Waals surface area contributed by atoms with Crippen LogP contribution in [-0.4, -0.2) is 39.1 Å². The molecule has 1 rings (SSSR count). The summed E-state index contributed by atoms with van der Waals surface area (Å²) in [5, 5.41) is 2.97. The number of nitrogens with one attached hydrogen (secondary N) is 1. The molecule has 0 spiro atoms. The predicted octanol–water partition coefficient (Wildman–Crippen LogP) is 3.62. The van der Waals surface area contributed by atoms with Crippen LogP contribution < -0.4 is 5.32 Å². The van der Waals surface area contributed by atoms with Crippen molar-refractivity contribution in [1.82, 2.24) is 15.3 Å². The van der Waals surface area contributed by atoms with Crippen molar-refractivity contribution in [3.63, 3.8) is 0 Å². The largest absolute Gasteiger partial charge is 0.453 e. The van der Waals surface area contributed by atoms with Crippen LogP contribution in [0, 0.1) is 5.92 Å². The number of carbonyl (C=O) groups is 1. The minimum atomic E-state index is -1.91. The zero-order valence-electron chi connectivity index (χ0n) is 15.8. The summed E-state index contributed by atoms with van der Waals surface area (Å²) in [4.78, 5) is 20.0. The Kier molecular flexibility index (Phi) is 7.98. The molecule has 0 aliphatic rings. The average molecular weight is 366 g/mol. The molecule has 1 N–H and O–H groups in total. The molecule has 5 nitrogen and oxygen atoms in total. The van der Waals surface area contributed by atoms with Crippen LogP contribution >= 0.6 is 0 Å². The molecule has 0 saturated heterocycles. The summed E-state index contributed by atoms with van der Waals surface area (Å²) in [7, 11) is -3.67. The van der Waals surface area contributed by atoms with Gasteiger partial charge in [0.25, 0.3) is 0 Å². The monoisotopic (exact) mass is 365 g/mol. The van der Waals surface area contributed by atoms with Crippen LogP contribution in [0.4, 0.5) is 0 Å². The van der Waals surface area contributed by atoms with Crippen molar-refractivity contribution < 1.29 is 8.91 Å². The lowest BCUT2D eigenvalue weighted by Gasteiger charge is -2.32. The normalized spacial score (nSPS) is 12.8. The molecule has 0 unspecified atom stereocenters. The quantitative estimate of drug-likeness (QED) is 0.536. The summed E-state index contributed by atoms with van der Waals surface area (Å²) < 4.78 is 6.52. The Morgan fingerprint density at radius 3 is 2.46 bits per heavy atom. The molecule has 24 heavy (non-hydrogen) atoms. The van der Waals surface area contributed by atoms with Crippen molar-refractivity contribution in [3.8, 4) is 0 Å². The van der Waals surface area contributed by atoms with E-state index in [0.29, 0.717) is 0 Å². The van der Waals surface area contributed by atoms with Crippen LogP contribution in [0.3, 0.4) is 0 Å². The Labute approximate surface area is 148 Å². The smallest absolute Gasteiger partial charge is 0.222 e. The summed E-state index contributed by atoms with van der Waals surface area (Å²) in [6, 6.07) is 2.85. The van der Waals surface area contributed by atoms with E-state index in [0.717, 1.165) is 24.8 Å². The topological polar surface area (TPSA) is 64.1 Å². The second kappa shape index (κ2) is 9.24. The Morgan fingerprint density at radius 2 is 1.88 bits per heavy atom. The van der Waals surface area contributed by atoms with E-state index in [1.54, 1.807) is 12.4 Å². The van der Waals surface area contributed by atoms with Crippen molar-refractivity contribution in [2.24, 2.45) is 5.92 Å². The second-order valence-corrected chi connectivity index (χ2v) is 15.8. The summed E-state index contributed by atoms with van der Waals surface area (Å²) >= 11 is 0. The number of amides is 1. The molecule has 134 valence electrons. The van der Waals surface area contributed by atoms with Crippen LogP contribution in [0.15, 0.2) is 24.2 Å². The molecule has 0 aliphatic carbocycles. The fourth-order valence-electron chi connectivity index (χ4n) is 2.40. The van der Waals surface area contributed by atoms with E-state index < -0.39 is 16.6 Å². The van der Waals surface area contributed by atoms with Crippen molar-refractivity contribution in [1.29, 1.82) is 0 Å². The molecule has 0 saturated carbocycles. The predicted molar refractivity (Wildman–Crippen MR) is 104 cm³/mol. The van der Waals surface area contributed by atoms with E-state index in [2.05, 4.69) is 47.2 Å². The maximum Gasteiger partial charge on any atom is 0.222 e. The van der Waals surface area contributed by atoms with E-state index >= 15 is 0 Å². The standard InChI is InChI=1S/C17H31N3O2Si2/c1-15(2)17(21)20-12-8-13-23(3,4)22-24(5,6)14-9-16-18-10-7-11-19-16/h7,9-11,14-15H,8,12-13H2,1-6H3,(H,20,21)/b14-9-. The van der Waals surface area contributed by atoms with Crippen molar-refractivity contribution in [3.05, 3.63) is 30.0 Å². The third-order valence-corrected chi connectivity index (χ3v) is 10.4. The molecule has 0 aromatic carbocycles. The van der Waals surface area contributed by atoms with Gasteiger partial charge in [-0.05, 0) is 50.8 Å². The molecular formula is C17H31N3O2Si2. The Balaban J connectivity index is 2.46. The molecule has 0 fully saturated rings. The van der Waals surface area contributed by atoms with Gasteiger partial charge in [0.2, 0.25) is 5.91 Å². The summed E-state index contributed by atoms with van der Waals surface area (Å²) in [5.74, 6) is 0.886. The van der Waals surface area contributed by atoms with Crippen LogP contribution in [0.1, 0.15) is 26.1 Å². The highest BCUT2D eigenvalue weighted by Crippen LogP contribution is 2.21. The molecule has 1 aromatic rings. The number of rotatable bonds is 9. The third-order valence-electron chi connectivity index (χ3n) is 3.54. The first-order valence-electron chi connectivity index (χ1n) is 8.55. The molecule has 7 heteroatoms. The van der Waals surface area contributed by atoms with Crippen LogP contribution in [0.2, 0.25) is 32.2 Å². The van der Waals surface area contributed by atoms with E-state index in [1.165, 1.54) is 0 Å². The van der Waals surface area contributed by atoms with Gasteiger partial charge in [0.1, 0.15) is 0 Å². The van der Waals surface area contributed by atoms with Gasteiger partial charge in [-0.3, -0.25) is 4.79 Å². The molecule has 1 heterocycles. The fraction of sp³-hybridized carbons (Fsp3) is 0.588. The summed E-state index contributed by atoms with van der Waals surface area (Å²) in [6.45, 7) is 13.4. The number of hydrogen-bond acceptors (Lipinski definition) is 4. The summed E-state index contributed by atoms with van der Waals surface area (Å²) in [5.41, 5.74) is 2.15. The third kappa shape index (κ3) is 8.51. The lowest BCUT2D eigenvalue weighted by Crippen LogP contribution is -2.43. The minimum Gasteiger partial charge on any atom is -0.453 e. The van der Waals surface area contributed by atoms with Crippen molar-refractivity contribution >= 4 is 28.6 Å². The Hall–Kier alpha value is -1.32. The lowest BCUT2D eigenvalue weighted by molar-refractivity contribution is -0.123. The minimum absolute atomic E-state index is 0.0446. The lowest BCUT2D eigenvalue weighted by atomic mass is 10.2. The van der Waals surface area contributed by atoms with Crippen LogP contribution in [-0.2, 0) is 8.91 Å². The molecular weight excluding hydrogens is 334 g/mol. The zero-order valence-corrected chi connectivity index (χ0v) is 17.8. The number of nitrogens with zero attached hydrogens (tertiary/aromatic N) is 2. The highest BCUT2D eigenvalue weighted by Gasteiger charge is 2.30. The van der Waals surface area contributed by atoms with Gasteiger partial charge in [0.05, 0.1) is 0 Å². The van der Waals surface area contributed by atoms with Crippen LogP contribution in [0.25, 0.3) is 6.08 Å². The highest BCUT2D eigenvalue weighted by atomic mass is 28.4.